The van der Waals surface area contributed by atoms with Gasteiger partial charge in [0.1, 0.15) is 0 Å². The van der Waals surface area contributed by atoms with Crippen LogP contribution in [-0.2, 0) is 0 Å². The molecule has 0 amide bonds. The van der Waals surface area contributed by atoms with Gasteiger partial charge in [-0.1, -0.05) is 26.7 Å². The number of hydrogen-bond acceptors (Lipinski definition) is 1. The molecule has 0 bridgehead atoms. The van der Waals surface area contributed by atoms with Gasteiger partial charge in [-0.3, -0.25) is 0 Å². The summed E-state index contributed by atoms with van der Waals surface area (Å²) in [6, 6.07) is 0.895. The van der Waals surface area contributed by atoms with Crippen molar-refractivity contribution in [2.75, 3.05) is 6.54 Å². The quantitative estimate of drug-likeness (QED) is 0.664. The topological polar surface area (TPSA) is 12.0 Å². The first-order valence-electron chi connectivity index (χ1n) is 6.04. The fourth-order valence-corrected chi connectivity index (χ4v) is 2.68. The van der Waals surface area contributed by atoms with E-state index in [4.69, 9.17) is 0 Å². The Hall–Kier alpha value is -0.0400. The second-order valence-corrected chi connectivity index (χ2v) is 5.03. The summed E-state index contributed by atoms with van der Waals surface area (Å²) in [5.74, 6) is 0.985. The highest BCUT2D eigenvalue weighted by Gasteiger charge is 2.47. The normalized spacial score (nSPS) is 25.2. The van der Waals surface area contributed by atoms with Crippen LogP contribution in [-0.4, -0.2) is 12.6 Å². The second kappa shape index (κ2) is 3.61. The predicted molar refractivity (Wildman–Crippen MR) is 56.8 cm³/mol. The Bertz CT molecular complexity index is 164. The summed E-state index contributed by atoms with van der Waals surface area (Å²) in [6.07, 6.45) is 8.59. The number of nitrogens with one attached hydrogen (secondary N) is 1. The Morgan fingerprint density at radius 3 is 2.23 bits per heavy atom. The molecule has 0 unspecified atom stereocenters. The first kappa shape index (κ1) is 9.51. The van der Waals surface area contributed by atoms with Crippen LogP contribution in [0, 0.1) is 11.3 Å². The van der Waals surface area contributed by atoms with Gasteiger partial charge in [-0.2, -0.15) is 0 Å². The van der Waals surface area contributed by atoms with E-state index >= 15 is 0 Å². The van der Waals surface area contributed by atoms with Crippen LogP contribution in [0.2, 0.25) is 0 Å². The van der Waals surface area contributed by atoms with Gasteiger partial charge in [-0.15, -0.1) is 0 Å². The molecule has 2 aliphatic rings. The van der Waals surface area contributed by atoms with Gasteiger partial charge in [0.15, 0.2) is 0 Å². The predicted octanol–water partition coefficient (Wildman–Crippen LogP) is 2.95. The van der Waals surface area contributed by atoms with Crippen LogP contribution >= 0.6 is 0 Å². The van der Waals surface area contributed by atoms with Crippen LogP contribution in [0.25, 0.3) is 0 Å². The van der Waals surface area contributed by atoms with Crippen molar-refractivity contribution < 1.29 is 0 Å². The third-order valence-electron chi connectivity index (χ3n) is 4.06. The average Bonchev–Trinajstić information content (AvgIpc) is 3.00. The lowest BCUT2D eigenvalue weighted by molar-refractivity contribution is 0.275. The molecule has 0 aromatic heterocycles. The summed E-state index contributed by atoms with van der Waals surface area (Å²) in [7, 11) is 0. The van der Waals surface area contributed by atoms with Crippen molar-refractivity contribution in [3.63, 3.8) is 0 Å². The van der Waals surface area contributed by atoms with Crippen molar-refractivity contribution in [1.82, 2.24) is 5.32 Å². The van der Waals surface area contributed by atoms with E-state index in [2.05, 4.69) is 19.2 Å². The third-order valence-corrected chi connectivity index (χ3v) is 4.06. The fourth-order valence-electron chi connectivity index (χ4n) is 2.68. The van der Waals surface area contributed by atoms with E-state index in [-0.39, 0.29) is 0 Å². The molecule has 0 saturated heterocycles. The van der Waals surface area contributed by atoms with E-state index < -0.39 is 0 Å². The first-order chi connectivity index (χ1) is 6.30. The lowest BCUT2D eigenvalue weighted by Crippen LogP contribution is -2.30. The minimum Gasteiger partial charge on any atom is -0.313 e. The van der Waals surface area contributed by atoms with Crippen LogP contribution in [0.3, 0.4) is 0 Å². The van der Waals surface area contributed by atoms with E-state index in [9.17, 15) is 0 Å². The first-order valence-corrected chi connectivity index (χ1v) is 6.04. The lowest BCUT2D eigenvalue weighted by Gasteiger charge is -2.25. The summed E-state index contributed by atoms with van der Waals surface area (Å²) in [6.45, 7) is 6.01. The van der Waals surface area contributed by atoms with Crippen molar-refractivity contribution in [3.05, 3.63) is 0 Å². The van der Waals surface area contributed by atoms with E-state index in [1.165, 1.54) is 45.1 Å². The van der Waals surface area contributed by atoms with Gasteiger partial charge in [-0.05, 0) is 37.0 Å². The minimum atomic E-state index is 0.728. The standard InChI is InChI=1S/C12H23N/c1-3-10(4-2)12(7-8-12)9-13-11-5-6-11/h10-11,13H,3-9H2,1-2H3. The van der Waals surface area contributed by atoms with Crippen LogP contribution in [0.5, 0.6) is 0 Å². The highest BCUT2D eigenvalue weighted by atomic mass is 15.0. The Balaban J connectivity index is 1.79. The molecule has 76 valence electrons. The molecule has 0 aromatic carbocycles. The van der Waals surface area contributed by atoms with Gasteiger partial charge in [0.25, 0.3) is 0 Å². The summed E-state index contributed by atoms with van der Waals surface area (Å²) in [4.78, 5) is 0. The highest BCUT2D eigenvalue weighted by molar-refractivity contribution is 5.00. The number of rotatable bonds is 6. The number of hydrogen-bond donors (Lipinski definition) is 1. The maximum Gasteiger partial charge on any atom is 0.00684 e. The second-order valence-electron chi connectivity index (χ2n) is 5.03. The summed E-state index contributed by atoms with van der Waals surface area (Å²) >= 11 is 0. The SMILES string of the molecule is CCC(CC)C1(CNC2CC2)CC1. The maximum absolute atomic E-state index is 3.71. The summed E-state index contributed by atoms with van der Waals surface area (Å²) in [5.41, 5.74) is 0.728. The third kappa shape index (κ3) is 2.07. The Morgan fingerprint density at radius 1 is 1.23 bits per heavy atom. The van der Waals surface area contributed by atoms with Gasteiger partial charge < -0.3 is 5.32 Å². The Labute approximate surface area is 82.3 Å². The zero-order chi connectivity index (χ0) is 9.31. The van der Waals surface area contributed by atoms with Gasteiger partial charge in [0.05, 0.1) is 0 Å². The van der Waals surface area contributed by atoms with Crippen molar-refractivity contribution in [2.24, 2.45) is 11.3 Å². The minimum absolute atomic E-state index is 0.728. The molecule has 1 nitrogen and oxygen atoms in total. The average molecular weight is 181 g/mol. The van der Waals surface area contributed by atoms with Crippen molar-refractivity contribution in [1.29, 1.82) is 0 Å². The molecule has 0 spiro atoms. The molecule has 0 heterocycles. The van der Waals surface area contributed by atoms with E-state index in [1.807, 2.05) is 0 Å². The van der Waals surface area contributed by atoms with Crippen molar-refractivity contribution in [2.45, 2.75) is 58.4 Å². The van der Waals surface area contributed by atoms with E-state index in [0.717, 1.165) is 17.4 Å². The van der Waals surface area contributed by atoms with Crippen LogP contribution in [0.4, 0.5) is 0 Å². The largest absolute Gasteiger partial charge is 0.313 e. The molecular weight excluding hydrogens is 158 g/mol. The smallest absolute Gasteiger partial charge is 0.00684 e. The summed E-state index contributed by atoms with van der Waals surface area (Å²) in [5, 5.41) is 3.71. The molecule has 1 N–H and O–H groups in total. The molecule has 0 aromatic rings. The van der Waals surface area contributed by atoms with E-state index in [1.54, 1.807) is 0 Å². The lowest BCUT2D eigenvalue weighted by atomic mass is 9.84. The molecule has 2 fully saturated rings. The van der Waals surface area contributed by atoms with Gasteiger partial charge in [0.2, 0.25) is 0 Å². The van der Waals surface area contributed by atoms with Crippen LogP contribution in [0.1, 0.15) is 52.4 Å². The van der Waals surface area contributed by atoms with Gasteiger partial charge in [0, 0.05) is 12.6 Å². The van der Waals surface area contributed by atoms with E-state index in [0.29, 0.717) is 0 Å². The van der Waals surface area contributed by atoms with Crippen molar-refractivity contribution in [3.8, 4) is 0 Å². The zero-order valence-corrected chi connectivity index (χ0v) is 9.10. The van der Waals surface area contributed by atoms with Crippen molar-refractivity contribution >= 4 is 0 Å². The molecule has 2 saturated carbocycles. The molecule has 0 radical (unpaired) electrons. The highest BCUT2D eigenvalue weighted by Crippen LogP contribution is 2.54. The van der Waals surface area contributed by atoms with Gasteiger partial charge in [-0.25, -0.2) is 0 Å². The zero-order valence-electron chi connectivity index (χ0n) is 9.10. The molecule has 13 heavy (non-hydrogen) atoms. The molecule has 1 heteroatoms. The molecule has 2 rings (SSSR count). The molecule has 0 atom stereocenters. The summed E-state index contributed by atoms with van der Waals surface area (Å²) < 4.78 is 0. The fraction of sp³-hybridized carbons (Fsp3) is 1.00. The van der Waals surface area contributed by atoms with Gasteiger partial charge >= 0.3 is 0 Å². The maximum atomic E-state index is 3.71. The monoisotopic (exact) mass is 181 g/mol. The molecule has 2 aliphatic carbocycles. The molecular formula is C12H23N. The molecule has 0 aliphatic heterocycles. The Kier molecular flexibility index (Phi) is 2.64. The van der Waals surface area contributed by atoms with Crippen LogP contribution in [0.15, 0.2) is 0 Å². The van der Waals surface area contributed by atoms with Crippen LogP contribution < -0.4 is 5.32 Å². The Morgan fingerprint density at radius 2 is 1.85 bits per heavy atom.